The zero-order valence-electron chi connectivity index (χ0n) is 11.5. The summed E-state index contributed by atoms with van der Waals surface area (Å²) in [6.07, 6.45) is 2.41. The van der Waals surface area contributed by atoms with Crippen molar-refractivity contribution in [3.05, 3.63) is 53.9 Å². The largest absolute Gasteiger partial charge is 0.464 e. The highest BCUT2D eigenvalue weighted by Gasteiger charge is 2.13. The zero-order chi connectivity index (χ0) is 14.1. The van der Waals surface area contributed by atoms with E-state index in [-0.39, 0.29) is 0 Å². The molecule has 3 heteroatoms. The Morgan fingerprint density at radius 1 is 1.20 bits per heavy atom. The fourth-order valence-electron chi connectivity index (χ4n) is 2.45. The van der Waals surface area contributed by atoms with Gasteiger partial charge in [0.05, 0.1) is 11.8 Å². The Labute approximate surface area is 117 Å². The first-order valence-electron chi connectivity index (χ1n) is 6.63. The van der Waals surface area contributed by atoms with Gasteiger partial charge in [0.25, 0.3) is 0 Å². The predicted molar refractivity (Wildman–Crippen MR) is 78.9 cm³/mol. The van der Waals surface area contributed by atoms with Crippen molar-refractivity contribution < 1.29 is 9.21 Å². The molecule has 0 saturated heterocycles. The maximum Gasteiger partial charge on any atom is 0.168 e. The first-order chi connectivity index (χ1) is 9.70. The van der Waals surface area contributed by atoms with Crippen LogP contribution in [0.25, 0.3) is 22.2 Å². The molecule has 0 aliphatic rings. The van der Waals surface area contributed by atoms with Crippen LogP contribution in [0.2, 0.25) is 0 Å². The molecule has 2 heterocycles. The van der Waals surface area contributed by atoms with Gasteiger partial charge in [-0.2, -0.15) is 0 Å². The molecule has 100 valence electrons. The molecule has 0 bridgehead atoms. The van der Waals surface area contributed by atoms with Crippen molar-refractivity contribution in [2.24, 2.45) is 0 Å². The van der Waals surface area contributed by atoms with E-state index in [9.17, 15) is 4.79 Å². The second kappa shape index (κ2) is 4.93. The molecule has 3 aromatic rings. The number of benzene rings is 1. The number of para-hydroxylation sites is 1. The highest BCUT2D eigenvalue weighted by molar-refractivity contribution is 5.97. The summed E-state index contributed by atoms with van der Waals surface area (Å²) in [6, 6.07) is 11.6. The molecule has 2 aromatic heterocycles. The smallest absolute Gasteiger partial charge is 0.168 e. The van der Waals surface area contributed by atoms with Crippen molar-refractivity contribution >= 4 is 17.2 Å². The first kappa shape index (κ1) is 12.6. The van der Waals surface area contributed by atoms with Crippen LogP contribution in [0.3, 0.4) is 0 Å². The van der Waals surface area contributed by atoms with Gasteiger partial charge in [-0.1, -0.05) is 32.0 Å². The molecular formula is C17H15NO2. The van der Waals surface area contributed by atoms with E-state index in [2.05, 4.69) is 24.9 Å². The molecule has 1 aromatic carbocycles. The summed E-state index contributed by atoms with van der Waals surface area (Å²) in [5.74, 6) is 1.10. The highest BCUT2D eigenvalue weighted by atomic mass is 16.3. The number of aromatic nitrogens is 1. The summed E-state index contributed by atoms with van der Waals surface area (Å²) < 4.78 is 5.48. The van der Waals surface area contributed by atoms with Gasteiger partial charge in [-0.15, -0.1) is 0 Å². The second-order valence-electron chi connectivity index (χ2n) is 5.09. The lowest BCUT2D eigenvalue weighted by atomic mass is 9.96. The summed E-state index contributed by atoms with van der Waals surface area (Å²) >= 11 is 0. The third-order valence-corrected chi connectivity index (χ3v) is 3.42. The van der Waals surface area contributed by atoms with Gasteiger partial charge in [0.15, 0.2) is 6.29 Å². The van der Waals surface area contributed by atoms with Crippen molar-refractivity contribution in [3.8, 4) is 11.3 Å². The van der Waals surface area contributed by atoms with E-state index in [0.29, 0.717) is 11.6 Å². The summed E-state index contributed by atoms with van der Waals surface area (Å²) in [5, 5.41) is 1.01. The summed E-state index contributed by atoms with van der Waals surface area (Å²) in [4.78, 5) is 15.6. The van der Waals surface area contributed by atoms with Crippen LogP contribution in [0.5, 0.6) is 0 Å². The van der Waals surface area contributed by atoms with Gasteiger partial charge < -0.3 is 4.42 Å². The van der Waals surface area contributed by atoms with Gasteiger partial charge >= 0.3 is 0 Å². The number of nitrogens with zero attached hydrogens (tertiary/aromatic N) is 1. The molecule has 0 fully saturated rings. The number of furan rings is 1. The van der Waals surface area contributed by atoms with Crippen molar-refractivity contribution in [1.82, 2.24) is 4.98 Å². The van der Waals surface area contributed by atoms with Crippen molar-refractivity contribution in [3.63, 3.8) is 0 Å². The monoisotopic (exact) mass is 265 g/mol. The Morgan fingerprint density at radius 2 is 2.05 bits per heavy atom. The van der Waals surface area contributed by atoms with Gasteiger partial charge in [-0.05, 0) is 29.7 Å². The Morgan fingerprint density at radius 3 is 2.70 bits per heavy atom. The number of hydrogen-bond donors (Lipinski definition) is 0. The molecular weight excluding hydrogens is 250 g/mol. The summed E-state index contributed by atoms with van der Waals surface area (Å²) in [7, 11) is 0. The standard InChI is InChI=1S/C17H15NO2/c1-11(2)13-5-3-6-14-15(16-7-4-8-20-16)9-12(10-19)18-17(13)14/h3-11H,1-2H3. The van der Waals surface area contributed by atoms with Crippen LogP contribution in [0, 0.1) is 0 Å². The Balaban J connectivity index is 2.40. The molecule has 3 rings (SSSR count). The molecule has 0 atom stereocenters. The van der Waals surface area contributed by atoms with Crippen molar-refractivity contribution in [2.45, 2.75) is 19.8 Å². The Hall–Kier alpha value is -2.42. The first-order valence-corrected chi connectivity index (χ1v) is 6.63. The van der Waals surface area contributed by atoms with Gasteiger partial charge in [0, 0.05) is 10.9 Å². The lowest BCUT2D eigenvalue weighted by Crippen LogP contribution is -1.96. The zero-order valence-corrected chi connectivity index (χ0v) is 11.5. The lowest BCUT2D eigenvalue weighted by Gasteiger charge is -2.12. The van der Waals surface area contributed by atoms with Crippen LogP contribution in [-0.4, -0.2) is 11.3 Å². The molecule has 0 N–H and O–H groups in total. The van der Waals surface area contributed by atoms with E-state index >= 15 is 0 Å². The van der Waals surface area contributed by atoms with E-state index in [1.54, 1.807) is 12.3 Å². The van der Waals surface area contributed by atoms with E-state index in [1.165, 1.54) is 0 Å². The number of carbonyl (C=O) groups is 1. The number of fused-ring (bicyclic) bond motifs is 1. The third kappa shape index (κ3) is 2.01. The molecule has 0 unspecified atom stereocenters. The van der Waals surface area contributed by atoms with Crippen LogP contribution in [-0.2, 0) is 0 Å². The number of pyridine rings is 1. The van der Waals surface area contributed by atoms with Gasteiger partial charge in [-0.3, -0.25) is 4.79 Å². The predicted octanol–water partition coefficient (Wildman–Crippen LogP) is 4.43. The van der Waals surface area contributed by atoms with Crippen LogP contribution >= 0.6 is 0 Å². The molecule has 0 aliphatic carbocycles. The SMILES string of the molecule is CC(C)c1cccc2c(-c3ccco3)cc(C=O)nc12. The average molecular weight is 265 g/mol. The van der Waals surface area contributed by atoms with Crippen LogP contribution in [0.1, 0.15) is 35.8 Å². The van der Waals surface area contributed by atoms with Crippen LogP contribution in [0.4, 0.5) is 0 Å². The van der Waals surface area contributed by atoms with E-state index in [4.69, 9.17) is 4.42 Å². The maximum atomic E-state index is 11.2. The molecule has 0 saturated carbocycles. The lowest BCUT2D eigenvalue weighted by molar-refractivity contribution is 0.111. The quantitative estimate of drug-likeness (QED) is 0.658. The molecule has 20 heavy (non-hydrogen) atoms. The van der Waals surface area contributed by atoms with Crippen molar-refractivity contribution in [2.75, 3.05) is 0 Å². The average Bonchev–Trinajstić information content (AvgIpc) is 2.99. The molecule has 0 aliphatic heterocycles. The minimum absolute atomic E-state index is 0.345. The summed E-state index contributed by atoms with van der Waals surface area (Å²) in [5.41, 5.74) is 3.35. The fraction of sp³-hybridized carbons (Fsp3) is 0.176. The second-order valence-corrected chi connectivity index (χ2v) is 5.09. The number of aldehydes is 1. The van der Waals surface area contributed by atoms with E-state index < -0.39 is 0 Å². The van der Waals surface area contributed by atoms with Gasteiger partial charge in [-0.25, -0.2) is 4.98 Å². The number of hydrogen-bond acceptors (Lipinski definition) is 3. The topological polar surface area (TPSA) is 43.1 Å². The minimum Gasteiger partial charge on any atom is -0.464 e. The van der Waals surface area contributed by atoms with Crippen molar-refractivity contribution in [1.29, 1.82) is 0 Å². The maximum absolute atomic E-state index is 11.2. The molecule has 3 nitrogen and oxygen atoms in total. The molecule has 0 amide bonds. The van der Waals surface area contributed by atoms with E-state index in [0.717, 1.165) is 34.1 Å². The third-order valence-electron chi connectivity index (χ3n) is 3.42. The highest BCUT2D eigenvalue weighted by Crippen LogP contribution is 2.32. The van der Waals surface area contributed by atoms with Crippen LogP contribution in [0.15, 0.2) is 47.1 Å². The van der Waals surface area contributed by atoms with E-state index in [1.807, 2.05) is 24.3 Å². The Bertz CT molecular complexity index is 758. The summed E-state index contributed by atoms with van der Waals surface area (Å²) in [6.45, 7) is 4.24. The molecule has 0 spiro atoms. The Kier molecular flexibility index (Phi) is 3.11. The van der Waals surface area contributed by atoms with Crippen LogP contribution < -0.4 is 0 Å². The normalized spacial score (nSPS) is 11.2. The molecule has 0 radical (unpaired) electrons. The van der Waals surface area contributed by atoms with Gasteiger partial charge in [0.2, 0.25) is 0 Å². The minimum atomic E-state index is 0.345. The van der Waals surface area contributed by atoms with Gasteiger partial charge in [0.1, 0.15) is 11.5 Å². The number of rotatable bonds is 3. The number of carbonyl (C=O) groups excluding carboxylic acids is 1. The fourth-order valence-corrected chi connectivity index (χ4v) is 2.45.